The first-order valence-corrected chi connectivity index (χ1v) is 10.1. The lowest BCUT2D eigenvalue weighted by atomic mass is 10.3. The molecule has 1 amide bonds. The number of thiazole rings is 1. The average Bonchev–Trinajstić information content (AvgIpc) is 3.32. The van der Waals surface area contributed by atoms with E-state index in [4.69, 9.17) is 4.74 Å². The second kappa shape index (κ2) is 7.99. The SMILES string of the molecule is COc1ccc(-n2ccnc2SCC(=O)Nc2nc3ccc(F)cc3s2)cc1. The van der Waals surface area contributed by atoms with Crippen molar-refractivity contribution in [3.63, 3.8) is 0 Å². The average molecular weight is 414 g/mol. The van der Waals surface area contributed by atoms with E-state index in [2.05, 4.69) is 15.3 Å². The number of hydrogen-bond donors (Lipinski definition) is 1. The van der Waals surface area contributed by atoms with Gasteiger partial charge in [-0.3, -0.25) is 9.36 Å². The molecule has 28 heavy (non-hydrogen) atoms. The fourth-order valence-electron chi connectivity index (χ4n) is 2.57. The molecule has 0 saturated carbocycles. The molecule has 0 aliphatic carbocycles. The summed E-state index contributed by atoms with van der Waals surface area (Å²) in [6, 6.07) is 11.9. The Morgan fingerprint density at radius 3 is 2.89 bits per heavy atom. The van der Waals surface area contributed by atoms with Crippen LogP contribution in [0.4, 0.5) is 9.52 Å². The third kappa shape index (κ3) is 4.00. The number of methoxy groups -OCH3 is 1. The molecule has 0 aliphatic heterocycles. The number of hydrogen-bond acceptors (Lipinski definition) is 6. The number of halogens is 1. The van der Waals surface area contributed by atoms with Gasteiger partial charge in [0.15, 0.2) is 10.3 Å². The van der Waals surface area contributed by atoms with Gasteiger partial charge in [-0.15, -0.1) is 0 Å². The molecule has 2 aromatic heterocycles. The highest BCUT2D eigenvalue weighted by Crippen LogP contribution is 2.27. The molecule has 0 unspecified atom stereocenters. The van der Waals surface area contributed by atoms with Gasteiger partial charge in [0, 0.05) is 18.1 Å². The summed E-state index contributed by atoms with van der Waals surface area (Å²) in [4.78, 5) is 20.9. The lowest BCUT2D eigenvalue weighted by Crippen LogP contribution is -2.14. The van der Waals surface area contributed by atoms with Crippen molar-refractivity contribution in [3.05, 3.63) is 60.7 Å². The molecule has 4 rings (SSSR count). The summed E-state index contributed by atoms with van der Waals surface area (Å²) in [7, 11) is 1.62. The van der Waals surface area contributed by atoms with E-state index < -0.39 is 0 Å². The molecule has 6 nitrogen and oxygen atoms in total. The molecule has 2 heterocycles. The highest BCUT2D eigenvalue weighted by atomic mass is 32.2. The van der Waals surface area contributed by atoms with E-state index in [1.165, 1.54) is 35.2 Å². The predicted octanol–water partition coefficient (Wildman–Crippen LogP) is 4.36. The Hall–Kier alpha value is -2.91. The number of aromatic nitrogens is 3. The van der Waals surface area contributed by atoms with Gasteiger partial charge in [-0.2, -0.15) is 0 Å². The third-order valence-electron chi connectivity index (χ3n) is 3.89. The van der Waals surface area contributed by atoms with Crippen molar-refractivity contribution in [2.75, 3.05) is 18.2 Å². The first-order valence-electron chi connectivity index (χ1n) is 8.29. The number of fused-ring (bicyclic) bond motifs is 1. The summed E-state index contributed by atoms with van der Waals surface area (Å²) in [6.45, 7) is 0. The first kappa shape index (κ1) is 18.5. The lowest BCUT2D eigenvalue weighted by molar-refractivity contribution is -0.113. The molecule has 0 aliphatic rings. The van der Waals surface area contributed by atoms with Crippen molar-refractivity contribution >= 4 is 44.4 Å². The number of anilines is 1. The third-order valence-corrected chi connectivity index (χ3v) is 5.79. The van der Waals surface area contributed by atoms with Gasteiger partial charge < -0.3 is 10.1 Å². The van der Waals surface area contributed by atoms with Crippen LogP contribution in [0.3, 0.4) is 0 Å². The van der Waals surface area contributed by atoms with Gasteiger partial charge in [-0.1, -0.05) is 23.1 Å². The van der Waals surface area contributed by atoms with E-state index in [0.717, 1.165) is 11.4 Å². The maximum atomic E-state index is 13.3. The minimum Gasteiger partial charge on any atom is -0.497 e. The van der Waals surface area contributed by atoms with E-state index >= 15 is 0 Å². The van der Waals surface area contributed by atoms with Gasteiger partial charge in [-0.05, 0) is 42.5 Å². The van der Waals surface area contributed by atoms with Gasteiger partial charge in [-0.25, -0.2) is 14.4 Å². The minimum atomic E-state index is -0.324. The molecular weight excluding hydrogens is 399 g/mol. The molecule has 9 heteroatoms. The number of ether oxygens (including phenoxy) is 1. The predicted molar refractivity (Wildman–Crippen MR) is 109 cm³/mol. The second-order valence-electron chi connectivity index (χ2n) is 5.75. The van der Waals surface area contributed by atoms with Crippen molar-refractivity contribution in [3.8, 4) is 11.4 Å². The Balaban J connectivity index is 1.41. The molecule has 0 atom stereocenters. The van der Waals surface area contributed by atoms with E-state index in [9.17, 15) is 9.18 Å². The number of imidazole rings is 1. The fraction of sp³-hybridized carbons (Fsp3) is 0.105. The summed E-state index contributed by atoms with van der Waals surface area (Å²) >= 11 is 2.56. The number of rotatable bonds is 6. The standard InChI is InChI=1S/C19H15FN4O2S2/c1-26-14-5-3-13(4-6-14)24-9-8-21-19(24)27-11-17(25)23-18-22-15-7-2-12(20)10-16(15)28-18/h2-10H,11H2,1H3,(H,22,23,25). The minimum absolute atomic E-state index is 0.178. The number of amides is 1. The maximum absolute atomic E-state index is 13.3. The monoisotopic (exact) mass is 414 g/mol. The fourth-order valence-corrected chi connectivity index (χ4v) is 4.25. The molecule has 0 fully saturated rings. The van der Waals surface area contributed by atoms with Crippen LogP contribution in [0.5, 0.6) is 5.75 Å². The Morgan fingerprint density at radius 1 is 1.29 bits per heavy atom. The second-order valence-corrected chi connectivity index (χ2v) is 7.72. The van der Waals surface area contributed by atoms with Crippen LogP contribution in [0.2, 0.25) is 0 Å². The zero-order chi connectivity index (χ0) is 19.5. The summed E-state index contributed by atoms with van der Waals surface area (Å²) in [5.74, 6) is 0.425. The van der Waals surface area contributed by atoms with Crippen molar-refractivity contribution in [2.45, 2.75) is 5.16 Å². The summed E-state index contributed by atoms with van der Waals surface area (Å²) < 4.78 is 21.0. The van der Waals surface area contributed by atoms with Crippen LogP contribution in [-0.4, -0.2) is 33.3 Å². The van der Waals surface area contributed by atoms with Crippen molar-refractivity contribution in [1.29, 1.82) is 0 Å². The van der Waals surface area contributed by atoms with Crippen LogP contribution >= 0.6 is 23.1 Å². The number of benzene rings is 2. The van der Waals surface area contributed by atoms with Gasteiger partial charge in [0.1, 0.15) is 11.6 Å². The van der Waals surface area contributed by atoms with Crippen LogP contribution in [0, 0.1) is 5.82 Å². The molecule has 0 radical (unpaired) electrons. The van der Waals surface area contributed by atoms with Crippen molar-refractivity contribution in [1.82, 2.24) is 14.5 Å². The van der Waals surface area contributed by atoms with Gasteiger partial charge >= 0.3 is 0 Å². The topological polar surface area (TPSA) is 69.0 Å². The molecule has 1 N–H and O–H groups in total. The molecule has 0 saturated heterocycles. The molecule has 2 aromatic carbocycles. The number of nitrogens with zero attached hydrogens (tertiary/aromatic N) is 3. The van der Waals surface area contributed by atoms with E-state index in [-0.39, 0.29) is 17.5 Å². The van der Waals surface area contributed by atoms with Crippen LogP contribution in [-0.2, 0) is 4.79 Å². The van der Waals surface area contributed by atoms with Crippen molar-refractivity contribution < 1.29 is 13.9 Å². The first-order chi connectivity index (χ1) is 13.6. The van der Waals surface area contributed by atoms with Crippen LogP contribution in [0.1, 0.15) is 0 Å². The number of nitrogens with one attached hydrogen (secondary N) is 1. The van der Waals surface area contributed by atoms with Crippen LogP contribution in [0.25, 0.3) is 15.9 Å². The van der Waals surface area contributed by atoms with E-state index in [0.29, 0.717) is 20.5 Å². The highest BCUT2D eigenvalue weighted by Gasteiger charge is 2.12. The smallest absolute Gasteiger partial charge is 0.236 e. The van der Waals surface area contributed by atoms with E-state index in [1.807, 2.05) is 35.0 Å². The normalized spacial score (nSPS) is 10.9. The van der Waals surface area contributed by atoms with E-state index in [1.54, 1.807) is 19.4 Å². The highest BCUT2D eigenvalue weighted by molar-refractivity contribution is 7.99. The summed E-state index contributed by atoms with van der Waals surface area (Å²) in [5, 5.41) is 3.91. The van der Waals surface area contributed by atoms with Crippen LogP contribution in [0.15, 0.2) is 60.0 Å². The molecular formula is C19H15FN4O2S2. The zero-order valence-corrected chi connectivity index (χ0v) is 16.4. The Morgan fingerprint density at radius 2 is 2.11 bits per heavy atom. The largest absolute Gasteiger partial charge is 0.497 e. The quantitative estimate of drug-likeness (QED) is 0.475. The maximum Gasteiger partial charge on any atom is 0.236 e. The Kier molecular flexibility index (Phi) is 5.27. The van der Waals surface area contributed by atoms with Crippen molar-refractivity contribution in [2.24, 2.45) is 0 Å². The Labute approximate surface area is 168 Å². The van der Waals surface area contributed by atoms with Gasteiger partial charge in [0.05, 0.1) is 23.1 Å². The van der Waals surface area contributed by atoms with Gasteiger partial charge in [0.25, 0.3) is 0 Å². The number of thioether (sulfide) groups is 1. The summed E-state index contributed by atoms with van der Waals surface area (Å²) in [6.07, 6.45) is 3.52. The van der Waals surface area contributed by atoms with Gasteiger partial charge in [0.2, 0.25) is 5.91 Å². The number of carbonyl (C=O) groups excluding carboxylic acids is 1. The Bertz CT molecular complexity index is 1120. The van der Waals surface area contributed by atoms with Crippen LogP contribution < -0.4 is 10.1 Å². The molecule has 142 valence electrons. The number of carbonyl (C=O) groups is 1. The molecule has 0 spiro atoms. The molecule has 4 aromatic rings. The molecule has 0 bridgehead atoms. The lowest BCUT2D eigenvalue weighted by Gasteiger charge is -2.08. The zero-order valence-electron chi connectivity index (χ0n) is 14.8. The summed E-state index contributed by atoms with van der Waals surface area (Å²) in [5.41, 5.74) is 1.58.